The Morgan fingerprint density at radius 1 is 1.31 bits per heavy atom. The van der Waals surface area contributed by atoms with E-state index in [0.717, 1.165) is 5.69 Å². The van der Waals surface area contributed by atoms with Gasteiger partial charge in [-0.05, 0) is 13.8 Å². The summed E-state index contributed by atoms with van der Waals surface area (Å²) in [5, 5.41) is 2.41. The van der Waals surface area contributed by atoms with Gasteiger partial charge in [0.2, 0.25) is 0 Å². The quantitative estimate of drug-likeness (QED) is 0.594. The maximum atomic E-state index is 11.5. The highest BCUT2D eigenvalue weighted by molar-refractivity contribution is 5.38. The van der Waals surface area contributed by atoms with Crippen LogP contribution in [0.4, 0.5) is 0 Å². The number of aryl methyl sites for hydroxylation is 1. The van der Waals surface area contributed by atoms with Crippen LogP contribution < -0.4 is 11.1 Å². The van der Waals surface area contributed by atoms with Gasteiger partial charge >= 0.3 is 0 Å². The molecule has 0 atom stereocenters. The summed E-state index contributed by atoms with van der Waals surface area (Å²) in [6.45, 7) is 3.51. The van der Waals surface area contributed by atoms with Crippen LogP contribution in [0.1, 0.15) is 11.3 Å². The van der Waals surface area contributed by atoms with E-state index in [1.54, 1.807) is 13.8 Å². The molecule has 2 heterocycles. The molecule has 2 N–H and O–H groups in total. The monoisotopic (exact) mass is 179 g/mol. The van der Waals surface area contributed by atoms with E-state index in [1.807, 2.05) is 0 Å². The highest BCUT2D eigenvalue weighted by Gasteiger charge is 2.05. The Kier molecular flexibility index (Phi) is 1.42. The van der Waals surface area contributed by atoms with E-state index < -0.39 is 0 Å². The smallest absolute Gasteiger partial charge is 0.275 e. The van der Waals surface area contributed by atoms with Crippen molar-refractivity contribution in [2.45, 2.75) is 13.8 Å². The molecule has 68 valence electrons. The van der Waals surface area contributed by atoms with Gasteiger partial charge in [0.1, 0.15) is 5.65 Å². The minimum absolute atomic E-state index is 0.187. The van der Waals surface area contributed by atoms with Crippen molar-refractivity contribution in [1.82, 2.24) is 14.6 Å². The summed E-state index contributed by atoms with van der Waals surface area (Å²) >= 11 is 0. The largest absolute Gasteiger partial charge is 0.343 e. The van der Waals surface area contributed by atoms with E-state index >= 15 is 0 Å². The fourth-order valence-electron chi connectivity index (χ4n) is 1.26. The molecule has 2 rings (SSSR count). The number of rotatable bonds is 0. The van der Waals surface area contributed by atoms with Gasteiger partial charge in [-0.2, -0.15) is 0 Å². The lowest BCUT2D eigenvalue weighted by Crippen LogP contribution is -2.20. The lowest BCUT2D eigenvalue weighted by atomic mass is 10.3. The van der Waals surface area contributed by atoms with Crippen LogP contribution >= 0.6 is 0 Å². The first-order valence-corrected chi connectivity index (χ1v) is 3.91. The normalized spacial score (nSPS) is 10.9. The van der Waals surface area contributed by atoms with Gasteiger partial charge in [-0.25, -0.2) is 4.52 Å². The first kappa shape index (κ1) is 7.85. The fourth-order valence-corrected chi connectivity index (χ4v) is 1.26. The third kappa shape index (κ3) is 1.00. The number of nitrogens with one attached hydrogen (secondary N) is 2. The first-order valence-electron chi connectivity index (χ1n) is 3.91. The van der Waals surface area contributed by atoms with Gasteiger partial charge in [-0.15, -0.1) is 0 Å². The lowest BCUT2D eigenvalue weighted by Gasteiger charge is -2.00. The molecule has 0 aliphatic rings. The average Bonchev–Trinajstić information content (AvgIpc) is 2.42. The van der Waals surface area contributed by atoms with Gasteiger partial charge in [0.25, 0.3) is 11.1 Å². The summed E-state index contributed by atoms with van der Waals surface area (Å²) in [6, 6.07) is 1.36. The average molecular weight is 179 g/mol. The Balaban J connectivity index is 3.10. The summed E-state index contributed by atoms with van der Waals surface area (Å²) in [5.41, 5.74) is 1.42. The maximum Gasteiger partial charge on any atom is 0.275 e. The molecule has 0 saturated carbocycles. The highest BCUT2D eigenvalue weighted by atomic mass is 16.1. The Labute approximate surface area is 73.0 Å². The van der Waals surface area contributed by atoms with Crippen molar-refractivity contribution in [1.29, 1.82) is 0 Å². The van der Waals surface area contributed by atoms with Gasteiger partial charge in [0.05, 0.1) is 0 Å². The zero-order valence-corrected chi connectivity index (χ0v) is 7.34. The number of H-pyrrole nitrogens is 2. The van der Waals surface area contributed by atoms with Crippen LogP contribution in [0.25, 0.3) is 5.65 Å². The van der Waals surface area contributed by atoms with E-state index in [1.165, 1.54) is 10.6 Å². The van der Waals surface area contributed by atoms with Crippen LogP contribution in [0.2, 0.25) is 0 Å². The molecule has 0 bridgehead atoms. The molecule has 0 aromatic carbocycles. The molecule has 0 fully saturated rings. The molecular weight excluding hydrogens is 170 g/mol. The van der Waals surface area contributed by atoms with Gasteiger partial charge in [0.15, 0.2) is 0 Å². The molecule has 0 aliphatic carbocycles. The molecule has 5 nitrogen and oxygen atoms in total. The number of hydrogen-bond donors (Lipinski definition) is 2. The summed E-state index contributed by atoms with van der Waals surface area (Å²) in [6.07, 6.45) is 0. The number of fused-ring (bicyclic) bond motifs is 1. The molecule has 2 aromatic rings. The minimum Gasteiger partial charge on any atom is -0.343 e. The molecule has 0 radical (unpaired) electrons. The predicted octanol–water partition coefficient (Wildman–Crippen LogP) is -0.0673. The Hall–Kier alpha value is -1.78. The molecule has 13 heavy (non-hydrogen) atoms. The standard InChI is InChI=1S/C8H9N3O2/c1-4-5(2)9-6-3-7(12)10-11(6)8(4)13/h3,9H,1-2H3,(H,10,12). The van der Waals surface area contributed by atoms with Gasteiger partial charge in [-0.1, -0.05) is 0 Å². The predicted molar refractivity (Wildman–Crippen MR) is 48.1 cm³/mol. The van der Waals surface area contributed by atoms with Crippen molar-refractivity contribution in [3.05, 3.63) is 38.0 Å². The number of aromatic amines is 2. The molecule has 5 heteroatoms. The van der Waals surface area contributed by atoms with Crippen molar-refractivity contribution in [3.8, 4) is 0 Å². The molecule has 0 spiro atoms. The minimum atomic E-state index is -0.279. The van der Waals surface area contributed by atoms with E-state index in [9.17, 15) is 9.59 Å². The number of hydrogen-bond acceptors (Lipinski definition) is 2. The van der Waals surface area contributed by atoms with Crippen molar-refractivity contribution in [3.63, 3.8) is 0 Å². The second-order valence-corrected chi connectivity index (χ2v) is 3.02. The molecule has 0 aliphatic heterocycles. The number of nitrogens with zero attached hydrogens (tertiary/aromatic N) is 1. The topological polar surface area (TPSA) is 70.1 Å². The molecule has 0 amide bonds. The Morgan fingerprint density at radius 2 is 2.00 bits per heavy atom. The zero-order valence-electron chi connectivity index (χ0n) is 7.34. The van der Waals surface area contributed by atoms with Crippen molar-refractivity contribution in [2.24, 2.45) is 0 Å². The number of aromatic nitrogens is 3. The van der Waals surface area contributed by atoms with Crippen LogP contribution in [0.3, 0.4) is 0 Å². The molecular formula is C8H9N3O2. The van der Waals surface area contributed by atoms with Crippen molar-refractivity contribution in [2.75, 3.05) is 0 Å². The molecule has 0 saturated heterocycles. The van der Waals surface area contributed by atoms with Crippen LogP contribution in [0.15, 0.2) is 15.7 Å². The first-order chi connectivity index (χ1) is 6.09. The second kappa shape index (κ2) is 2.35. The van der Waals surface area contributed by atoms with Crippen LogP contribution in [0.5, 0.6) is 0 Å². The third-order valence-electron chi connectivity index (χ3n) is 2.13. The second-order valence-electron chi connectivity index (χ2n) is 3.02. The van der Waals surface area contributed by atoms with E-state index in [0.29, 0.717) is 11.2 Å². The van der Waals surface area contributed by atoms with E-state index in [4.69, 9.17) is 0 Å². The van der Waals surface area contributed by atoms with Crippen LogP contribution in [0, 0.1) is 13.8 Å². The zero-order chi connectivity index (χ0) is 9.59. The summed E-state index contributed by atoms with van der Waals surface area (Å²) in [5.74, 6) is 0. The van der Waals surface area contributed by atoms with Crippen molar-refractivity contribution < 1.29 is 0 Å². The maximum absolute atomic E-state index is 11.5. The van der Waals surface area contributed by atoms with Crippen molar-refractivity contribution >= 4 is 5.65 Å². The third-order valence-corrected chi connectivity index (χ3v) is 2.13. The fraction of sp³-hybridized carbons (Fsp3) is 0.250. The van der Waals surface area contributed by atoms with Crippen LogP contribution in [-0.2, 0) is 0 Å². The van der Waals surface area contributed by atoms with Gasteiger partial charge in [0, 0.05) is 17.3 Å². The Bertz CT molecular complexity index is 573. The molecule has 0 unspecified atom stereocenters. The summed E-state index contributed by atoms with van der Waals surface area (Å²) in [4.78, 5) is 25.4. The Morgan fingerprint density at radius 3 is 2.69 bits per heavy atom. The highest BCUT2D eigenvalue weighted by Crippen LogP contribution is 1.98. The molecule has 2 aromatic heterocycles. The summed E-state index contributed by atoms with van der Waals surface area (Å²) < 4.78 is 1.21. The van der Waals surface area contributed by atoms with E-state index in [-0.39, 0.29) is 11.1 Å². The lowest BCUT2D eigenvalue weighted by molar-refractivity contribution is 0.860. The SMILES string of the molecule is Cc1[nH]c2cc(=O)[nH]n2c(=O)c1C. The summed E-state index contributed by atoms with van der Waals surface area (Å²) in [7, 11) is 0. The van der Waals surface area contributed by atoms with Crippen LogP contribution in [-0.4, -0.2) is 14.6 Å². The van der Waals surface area contributed by atoms with Gasteiger partial charge in [-0.3, -0.25) is 14.7 Å². The van der Waals surface area contributed by atoms with E-state index in [2.05, 4.69) is 10.1 Å². The van der Waals surface area contributed by atoms with Gasteiger partial charge < -0.3 is 4.98 Å².